The molecule has 0 saturated heterocycles. The number of carbonyl (C=O) groups is 1. The highest BCUT2D eigenvalue weighted by Crippen LogP contribution is 2.29. The highest BCUT2D eigenvalue weighted by Gasteiger charge is 2.38. The fourth-order valence-electron chi connectivity index (χ4n) is 3.65. The predicted molar refractivity (Wildman–Crippen MR) is 118 cm³/mol. The molecule has 0 atom stereocenters. The van der Waals surface area contributed by atoms with Crippen molar-refractivity contribution >= 4 is 38.5 Å². The van der Waals surface area contributed by atoms with Crippen LogP contribution in [0.15, 0.2) is 53.0 Å². The Balaban J connectivity index is 0.000000339. The number of fused-ring (bicyclic) bond motifs is 3. The second kappa shape index (κ2) is 10.2. The predicted octanol–water partition coefficient (Wildman–Crippen LogP) is 5.19. The summed E-state index contributed by atoms with van der Waals surface area (Å²) in [6.07, 6.45) is -2.84. The molecule has 0 fully saturated rings. The quantitative estimate of drug-likeness (QED) is 0.424. The van der Waals surface area contributed by atoms with Crippen LogP contribution in [0.2, 0.25) is 0 Å². The van der Waals surface area contributed by atoms with Crippen LogP contribution in [-0.4, -0.2) is 34.9 Å². The van der Waals surface area contributed by atoms with Crippen LogP contribution in [-0.2, 0) is 24.3 Å². The first-order valence-electron chi connectivity index (χ1n) is 9.87. The minimum absolute atomic E-state index is 0.970. The van der Waals surface area contributed by atoms with Gasteiger partial charge >= 0.3 is 12.1 Å². The molecule has 0 aliphatic carbocycles. The number of nitrogens with zero attached hydrogens (tertiary/aromatic N) is 1. The zero-order chi connectivity index (χ0) is 22.4. The fraction of sp³-hybridized carbons (Fsp3) is 0.318. The van der Waals surface area contributed by atoms with Crippen molar-refractivity contribution in [1.29, 1.82) is 0 Å². The number of halogens is 4. The molecule has 1 aliphatic rings. The van der Waals surface area contributed by atoms with E-state index < -0.39 is 12.1 Å². The molecule has 3 aromatic rings. The summed E-state index contributed by atoms with van der Waals surface area (Å²) in [6.45, 7) is 4.10. The van der Waals surface area contributed by atoms with Crippen LogP contribution in [0, 0.1) is 0 Å². The largest absolute Gasteiger partial charge is 0.490 e. The summed E-state index contributed by atoms with van der Waals surface area (Å²) in [4.78, 5) is 8.90. The van der Waals surface area contributed by atoms with E-state index in [0.29, 0.717) is 0 Å². The lowest BCUT2D eigenvalue weighted by atomic mass is 10.1. The smallest absolute Gasteiger partial charge is 0.475 e. The highest BCUT2D eigenvalue weighted by molar-refractivity contribution is 9.10. The van der Waals surface area contributed by atoms with Crippen LogP contribution < -0.4 is 10.6 Å². The number of hydrogen-bond donors (Lipinski definition) is 3. The molecule has 5 nitrogen and oxygen atoms in total. The number of aryl methyl sites for hydroxylation is 1. The van der Waals surface area contributed by atoms with Crippen molar-refractivity contribution < 1.29 is 23.1 Å². The number of anilines is 1. The Hall–Kier alpha value is -2.52. The molecule has 0 spiro atoms. The second-order valence-corrected chi connectivity index (χ2v) is 7.94. The summed E-state index contributed by atoms with van der Waals surface area (Å²) in [7, 11) is 0. The van der Waals surface area contributed by atoms with Crippen molar-refractivity contribution in [3.05, 3.63) is 64.3 Å². The molecule has 31 heavy (non-hydrogen) atoms. The minimum atomic E-state index is -5.08. The molecule has 3 N–H and O–H groups in total. The number of aromatic nitrogens is 1. The summed E-state index contributed by atoms with van der Waals surface area (Å²) in [5.74, 6) is -2.76. The van der Waals surface area contributed by atoms with Crippen LogP contribution in [0.25, 0.3) is 10.9 Å². The van der Waals surface area contributed by atoms with Gasteiger partial charge in [-0.2, -0.15) is 13.2 Å². The van der Waals surface area contributed by atoms with Gasteiger partial charge in [0.2, 0.25) is 0 Å². The molecule has 0 saturated carbocycles. The van der Waals surface area contributed by atoms with E-state index in [-0.39, 0.29) is 0 Å². The van der Waals surface area contributed by atoms with Crippen molar-refractivity contribution in [3.8, 4) is 0 Å². The molecule has 0 unspecified atom stereocenters. The van der Waals surface area contributed by atoms with Gasteiger partial charge in [-0.1, -0.05) is 30.3 Å². The van der Waals surface area contributed by atoms with Crippen LogP contribution in [0.1, 0.15) is 17.7 Å². The van der Waals surface area contributed by atoms with E-state index in [1.54, 1.807) is 5.56 Å². The molecule has 0 bridgehead atoms. The van der Waals surface area contributed by atoms with Gasteiger partial charge in [0.05, 0.1) is 0 Å². The topological polar surface area (TPSA) is 66.3 Å². The monoisotopic (exact) mass is 497 g/mol. The summed E-state index contributed by atoms with van der Waals surface area (Å²) < 4.78 is 35.4. The zero-order valence-corrected chi connectivity index (χ0v) is 18.3. The number of benzene rings is 2. The summed E-state index contributed by atoms with van der Waals surface area (Å²) in [5.41, 5.74) is 5.57. The Morgan fingerprint density at radius 1 is 1.16 bits per heavy atom. The molecule has 2 aromatic carbocycles. The van der Waals surface area contributed by atoms with Gasteiger partial charge in [-0.05, 0) is 59.1 Å². The average Bonchev–Trinajstić information content (AvgIpc) is 3.06. The molecule has 1 aromatic heterocycles. The number of carboxylic acid groups (broad SMARTS) is 1. The lowest BCUT2D eigenvalue weighted by Gasteiger charge is -2.17. The first-order valence-corrected chi connectivity index (χ1v) is 10.7. The van der Waals surface area contributed by atoms with Crippen LogP contribution in [0.3, 0.4) is 0 Å². The van der Waals surface area contributed by atoms with Crippen LogP contribution in [0.5, 0.6) is 0 Å². The highest BCUT2D eigenvalue weighted by atomic mass is 79.9. The SMILES string of the molecule is Brc1ccccc1NCCCn1c2c(c3ccccc31)CCNC2.O=C(O)C(F)(F)F. The van der Waals surface area contributed by atoms with Crippen molar-refractivity contribution in [2.75, 3.05) is 18.4 Å². The molecule has 4 rings (SSSR count). The van der Waals surface area contributed by atoms with Crippen molar-refractivity contribution in [2.45, 2.75) is 32.1 Å². The zero-order valence-electron chi connectivity index (χ0n) is 16.7. The molecule has 0 radical (unpaired) electrons. The molecule has 9 heteroatoms. The van der Waals surface area contributed by atoms with E-state index in [1.165, 1.54) is 22.3 Å². The van der Waals surface area contributed by atoms with Crippen LogP contribution in [0.4, 0.5) is 18.9 Å². The third-order valence-electron chi connectivity index (χ3n) is 5.03. The van der Waals surface area contributed by atoms with E-state index in [2.05, 4.69) is 73.6 Å². The number of alkyl halides is 3. The van der Waals surface area contributed by atoms with Crippen LogP contribution >= 0.6 is 15.9 Å². The van der Waals surface area contributed by atoms with Gasteiger partial charge in [-0.15, -0.1) is 0 Å². The Bertz CT molecular complexity index is 1050. The van der Waals surface area contributed by atoms with E-state index >= 15 is 0 Å². The lowest BCUT2D eigenvalue weighted by molar-refractivity contribution is -0.192. The first kappa shape index (κ1) is 23.1. The van der Waals surface area contributed by atoms with Crippen molar-refractivity contribution in [1.82, 2.24) is 9.88 Å². The Kier molecular flexibility index (Phi) is 7.61. The number of aliphatic carboxylic acids is 1. The molecule has 1 aliphatic heterocycles. The van der Waals surface area contributed by atoms with E-state index in [1.807, 2.05) is 6.07 Å². The maximum absolute atomic E-state index is 10.6. The minimum Gasteiger partial charge on any atom is -0.475 e. The Morgan fingerprint density at radius 3 is 2.55 bits per heavy atom. The first-order chi connectivity index (χ1) is 14.8. The fourth-order valence-corrected chi connectivity index (χ4v) is 4.07. The van der Waals surface area contributed by atoms with E-state index in [9.17, 15) is 13.2 Å². The molecule has 0 amide bonds. The van der Waals surface area contributed by atoms with Gasteiger partial charge in [-0.25, -0.2) is 4.79 Å². The number of hydrogen-bond acceptors (Lipinski definition) is 3. The molecule has 166 valence electrons. The third kappa shape index (κ3) is 5.80. The second-order valence-electron chi connectivity index (χ2n) is 7.08. The number of carboxylic acids is 1. The summed E-state index contributed by atoms with van der Waals surface area (Å²) in [5, 5.41) is 15.6. The maximum atomic E-state index is 10.6. The maximum Gasteiger partial charge on any atom is 0.490 e. The van der Waals surface area contributed by atoms with Gasteiger partial charge < -0.3 is 20.3 Å². The Morgan fingerprint density at radius 2 is 1.84 bits per heavy atom. The lowest BCUT2D eigenvalue weighted by Crippen LogP contribution is -2.25. The Labute approximate surface area is 186 Å². The summed E-state index contributed by atoms with van der Waals surface area (Å²) in [6, 6.07) is 17.1. The average molecular weight is 498 g/mol. The number of nitrogens with one attached hydrogen (secondary N) is 2. The van der Waals surface area contributed by atoms with Gasteiger partial charge in [0, 0.05) is 46.4 Å². The van der Waals surface area contributed by atoms with Gasteiger partial charge in [-0.3, -0.25) is 0 Å². The molecular weight excluding hydrogens is 475 g/mol. The van der Waals surface area contributed by atoms with Crippen molar-refractivity contribution in [2.24, 2.45) is 0 Å². The normalized spacial score (nSPS) is 13.3. The standard InChI is InChI=1S/C20H22BrN3.C2HF3O2/c21-17-7-2-3-8-18(17)23-11-5-13-24-19-9-4-1-6-15(19)16-10-12-22-14-20(16)24;3-2(4,5)1(6)7/h1-4,6-9,22-23H,5,10-14H2;(H,6,7). The summed E-state index contributed by atoms with van der Waals surface area (Å²) >= 11 is 3.59. The van der Waals surface area contributed by atoms with E-state index in [4.69, 9.17) is 9.90 Å². The van der Waals surface area contributed by atoms with Gasteiger partial charge in [0.15, 0.2) is 0 Å². The molecular formula is C22H23BrF3N3O2. The number of rotatable bonds is 5. The van der Waals surface area contributed by atoms with E-state index in [0.717, 1.165) is 43.5 Å². The van der Waals surface area contributed by atoms with Gasteiger partial charge in [0.1, 0.15) is 0 Å². The molecule has 2 heterocycles. The van der Waals surface area contributed by atoms with Gasteiger partial charge in [0.25, 0.3) is 0 Å². The number of para-hydroxylation sites is 2. The third-order valence-corrected chi connectivity index (χ3v) is 5.72. The van der Waals surface area contributed by atoms with Crippen molar-refractivity contribution in [3.63, 3.8) is 0 Å².